The lowest BCUT2D eigenvalue weighted by molar-refractivity contribution is 0.0435. The van der Waals surface area contributed by atoms with Gasteiger partial charge in [-0.05, 0) is 33.6 Å². The smallest absolute Gasteiger partial charge is 0.373 e. The van der Waals surface area contributed by atoms with Crippen molar-refractivity contribution in [1.29, 1.82) is 0 Å². The predicted octanol–water partition coefficient (Wildman–Crippen LogP) is 3.93. The summed E-state index contributed by atoms with van der Waals surface area (Å²) >= 11 is 0. The van der Waals surface area contributed by atoms with Gasteiger partial charge in [0.1, 0.15) is 0 Å². The van der Waals surface area contributed by atoms with Crippen LogP contribution < -0.4 is 0 Å². The Kier molecular flexibility index (Phi) is 6.56. The monoisotopic (exact) mass is 272 g/mol. The van der Waals surface area contributed by atoms with E-state index >= 15 is 0 Å². The van der Waals surface area contributed by atoms with E-state index in [1.54, 1.807) is 0 Å². The molecule has 3 nitrogen and oxygen atoms in total. The minimum Gasteiger partial charge on any atom is -0.373 e. The second-order valence-electron chi connectivity index (χ2n) is 4.78. The Morgan fingerprint density at radius 1 is 0.944 bits per heavy atom. The van der Waals surface area contributed by atoms with Crippen LogP contribution in [0.1, 0.15) is 52.9 Å². The van der Waals surface area contributed by atoms with Crippen LogP contribution in [-0.4, -0.2) is 28.6 Å². The number of rotatable bonds is 8. The van der Waals surface area contributed by atoms with Crippen molar-refractivity contribution in [2.24, 2.45) is 0 Å². The summed E-state index contributed by atoms with van der Waals surface area (Å²) in [5, 5.41) is -0.0761. The molecule has 0 saturated heterocycles. The first-order valence-electron chi connectivity index (χ1n) is 7.25. The van der Waals surface area contributed by atoms with Gasteiger partial charge in [0.15, 0.2) is 0 Å². The molecule has 1 rings (SSSR count). The fourth-order valence-electron chi connectivity index (χ4n) is 2.94. The maximum atomic E-state index is 6.07. The molecule has 0 aliphatic heterocycles. The van der Waals surface area contributed by atoms with Gasteiger partial charge < -0.3 is 13.3 Å². The number of hydrogen-bond donors (Lipinski definition) is 0. The molecular weight excluding hydrogens is 244 g/mol. The van der Waals surface area contributed by atoms with Gasteiger partial charge in [-0.3, -0.25) is 0 Å². The van der Waals surface area contributed by atoms with E-state index in [4.69, 9.17) is 13.3 Å². The Bertz CT molecular complexity index is 232. The molecule has 0 aromatic carbocycles. The molecule has 0 unspecified atom stereocenters. The predicted molar refractivity (Wildman–Crippen MR) is 76.6 cm³/mol. The first-order chi connectivity index (χ1) is 8.70. The van der Waals surface area contributed by atoms with Gasteiger partial charge in [0.05, 0.1) is 5.04 Å². The van der Waals surface area contributed by atoms with Crippen LogP contribution in [0.4, 0.5) is 0 Å². The second kappa shape index (κ2) is 7.43. The lowest BCUT2D eigenvalue weighted by atomic mass is 9.88. The van der Waals surface area contributed by atoms with Crippen molar-refractivity contribution in [3.05, 3.63) is 12.7 Å². The van der Waals surface area contributed by atoms with Crippen molar-refractivity contribution in [3.63, 3.8) is 0 Å². The van der Waals surface area contributed by atoms with Crippen LogP contribution in [0.25, 0.3) is 0 Å². The first-order valence-corrected chi connectivity index (χ1v) is 8.98. The Balaban J connectivity index is 3.05. The van der Waals surface area contributed by atoms with E-state index in [-0.39, 0.29) is 5.04 Å². The van der Waals surface area contributed by atoms with E-state index in [1.807, 2.05) is 20.8 Å². The molecule has 1 aliphatic rings. The summed E-state index contributed by atoms with van der Waals surface area (Å²) in [5.74, 6) is 0. The standard InChI is InChI=1S/C14H28O3Si/c1-5-14(12-10-9-11-13-14)18(15-6-2,16-7-3)17-8-4/h5H,1,6-13H2,2-4H3. The van der Waals surface area contributed by atoms with E-state index < -0.39 is 8.80 Å². The highest BCUT2D eigenvalue weighted by atomic mass is 28.4. The summed E-state index contributed by atoms with van der Waals surface area (Å²) in [6.07, 6.45) is 7.96. The fourth-order valence-corrected chi connectivity index (χ4v) is 6.41. The van der Waals surface area contributed by atoms with Gasteiger partial charge in [0, 0.05) is 19.8 Å². The van der Waals surface area contributed by atoms with Gasteiger partial charge in [0.2, 0.25) is 0 Å². The molecule has 0 bridgehead atoms. The Morgan fingerprint density at radius 3 is 1.72 bits per heavy atom. The van der Waals surface area contributed by atoms with Crippen molar-refractivity contribution >= 4 is 8.80 Å². The second-order valence-corrected chi connectivity index (χ2v) is 7.75. The molecule has 0 aromatic heterocycles. The molecule has 1 fully saturated rings. The largest absolute Gasteiger partial charge is 0.511 e. The van der Waals surface area contributed by atoms with Crippen molar-refractivity contribution in [1.82, 2.24) is 0 Å². The van der Waals surface area contributed by atoms with E-state index in [0.717, 1.165) is 12.8 Å². The quantitative estimate of drug-likeness (QED) is 0.495. The van der Waals surface area contributed by atoms with Crippen LogP contribution in [0.3, 0.4) is 0 Å². The van der Waals surface area contributed by atoms with Crippen LogP contribution >= 0.6 is 0 Å². The van der Waals surface area contributed by atoms with Crippen molar-refractivity contribution in [3.8, 4) is 0 Å². The topological polar surface area (TPSA) is 27.7 Å². The minimum atomic E-state index is -2.66. The molecular formula is C14H28O3Si. The van der Waals surface area contributed by atoms with Gasteiger partial charge in [-0.15, -0.1) is 6.58 Å². The third kappa shape index (κ3) is 3.04. The molecule has 0 heterocycles. The molecule has 18 heavy (non-hydrogen) atoms. The van der Waals surface area contributed by atoms with Crippen LogP contribution in [-0.2, 0) is 13.3 Å². The maximum absolute atomic E-state index is 6.07. The molecule has 1 saturated carbocycles. The molecule has 0 N–H and O–H groups in total. The van der Waals surface area contributed by atoms with E-state index in [2.05, 4.69) is 12.7 Å². The van der Waals surface area contributed by atoms with E-state index in [1.165, 1.54) is 19.3 Å². The zero-order valence-electron chi connectivity index (χ0n) is 12.2. The van der Waals surface area contributed by atoms with Crippen LogP contribution in [0.15, 0.2) is 12.7 Å². The zero-order chi connectivity index (χ0) is 13.5. The van der Waals surface area contributed by atoms with Crippen LogP contribution in [0, 0.1) is 0 Å². The fraction of sp³-hybridized carbons (Fsp3) is 0.857. The highest BCUT2D eigenvalue weighted by Gasteiger charge is 2.59. The Labute approximate surface area is 113 Å². The lowest BCUT2D eigenvalue weighted by Crippen LogP contribution is -2.56. The summed E-state index contributed by atoms with van der Waals surface area (Å²) in [4.78, 5) is 0. The van der Waals surface area contributed by atoms with Gasteiger partial charge >= 0.3 is 8.80 Å². The molecule has 0 amide bonds. The average molecular weight is 272 g/mol. The van der Waals surface area contributed by atoms with Gasteiger partial charge in [-0.25, -0.2) is 0 Å². The SMILES string of the molecule is C=CC1([Si](OCC)(OCC)OCC)CCCCC1. The third-order valence-electron chi connectivity index (χ3n) is 3.75. The molecule has 0 radical (unpaired) electrons. The lowest BCUT2D eigenvalue weighted by Gasteiger charge is -2.45. The maximum Gasteiger partial charge on any atom is 0.511 e. The van der Waals surface area contributed by atoms with Gasteiger partial charge in [-0.2, -0.15) is 0 Å². The number of allylic oxidation sites excluding steroid dienone is 1. The first kappa shape index (κ1) is 15.9. The van der Waals surface area contributed by atoms with Crippen molar-refractivity contribution in [2.45, 2.75) is 57.9 Å². The van der Waals surface area contributed by atoms with E-state index in [9.17, 15) is 0 Å². The highest BCUT2D eigenvalue weighted by molar-refractivity contribution is 6.65. The Morgan fingerprint density at radius 2 is 1.39 bits per heavy atom. The Hall–Kier alpha value is -0.163. The summed E-state index contributed by atoms with van der Waals surface area (Å²) in [6, 6.07) is 0. The molecule has 4 heteroatoms. The summed E-state index contributed by atoms with van der Waals surface area (Å²) < 4.78 is 18.2. The normalized spacial score (nSPS) is 19.7. The van der Waals surface area contributed by atoms with Gasteiger partial charge in [-0.1, -0.05) is 25.3 Å². The van der Waals surface area contributed by atoms with Crippen molar-refractivity contribution < 1.29 is 13.3 Å². The summed E-state index contributed by atoms with van der Waals surface area (Å²) in [5.41, 5.74) is 0. The van der Waals surface area contributed by atoms with Crippen molar-refractivity contribution in [2.75, 3.05) is 19.8 Å². The zero-order valence-corrected chi connectivity index (χ0v) is 13.2. The van der Waals surface area contributed by atoms with Crippen LogP contribution in [0.5, 0.6) is 0 Å². The molecule has 0 aromatic rings. The molecule has 1 aliphatic carbocycles. The number of hydrogen-bond acceptors (Lipinski definition) is 3. The van der Waals surface area contributed by atoms with Gasteiger partial charge in [0.25, 0.3) is 0 Å². The average Bonchev–Trinajstić information content (AvgIpc) is 2.40. The highest BCUT2D eigenvalue weighted by Crippen LogP contribution is 2.52. The van der Waals surface area contributed by atoms with Crippen LogP contribution in [0.2, 0.25) is 5.04 Å². The summed E-state index contributed by atoms with van der Waals surface area (Å²) in [6.45, 7) is 12.0. The molecule has 0 atom stereocenters. The third-order valence-corrected chi connectivity index (χ3v) is 7.68. The molecule has 0 spiro atoms. The minimum absolute atomic E-state index is 0.0761. The summed E-state index contributed by atoms with van der Waals surface area (Å²) in [7, 11) is -2.66. The molecule has 106 valence electrons. The van der Waals surface area contributed by atoms with E-state index in [0.29, 0.717) is 19.8 Å².